The van der Waals surface area contributed by atoms with Crippen LogP contribution in [0.5, 0.6) is 0 Å². The lowest BCUT2D eigenvalue weighted by Crippen LogP contribution is -2.22. The van der Waals surface area contributed by atoms with Gasteiger partial charge in [0, 0.05) is 25.3 Å². The Morgan fingerprint density at radius 3 is 2.53 bits per heavy atom. The first-order chi connectivity index (χ1) is 7.00. The van der Waals surface area contributed by atoms with Gasteiger partial charge < -0.3 is 16.0 Å². The van der Waals surface area contributed by atoms with Crippen molar-refractivity contribution in [2.75, 3.05) is 19.4 Å². The molecule has 5 nitrogen and oxygen atoms in total. The molecule has 0 aromatic heterocycles. The van der Waals surface area contributed by atoms with E-state index in [9.17, 15) is 9.59 Å². The molecular weight excluding hydrogens is 194 g/mol. The molecule has 0 atom stereocenters. The highest BCUT2D eigenvalue weighted by atomic mass is 16.2. The summed E-state index contributed by atoms with van der Waals surface area (Å²) in [4.78, 5) is 23.6. The van der Waals surface area contributed by atoms with Gasteiger partial charge in [-0.3, -0.25) is 4.79 Å². The number of hydrogen-bond donors (Lipinski definition) is 2. The number of nitrogens with two attached hydrogens (primary N) is 1. The molecule has 0 spiro atoms. The third-order valence-corrected chi connectivity index (χ3v) is 1.78. The normalized spacial score (nSPS) is 9.47. The molecule has 0 aliphatic carbocycles. The molecule has 15 heavy (non-hydrogen) atoms. The first kappa shape index (κ1) is 11.0. The van der Waals surface area contributed by atoms with Gasteiger partial charge in [-0.05, 0) is 18.2 Å². The van der Waals surface area contributed by atoms with Crippen molar-refractivity contribution in [1.29, 1.82) is 0 Å². The molecule has 0 heterocycles. The lowest BCUT2D eigenvalue weighted by atomic mass is 10.2. The molecular formula is C10H13N3O2. The van der Waals surface area contributed by atoms with Crippen molar-refractivity contribution < 1.29 is 9.59 Å². The maximum Gasteiger partial charge on any atom is 0.316 e. The fourth-order valence-corrected chi connectivity index (χ4v) is 1.13. The van der Waals surface area contributed by atoms with Crippen molar-refractivity contribution in [1.82, 2.24) is 4.90 Å². The summed E-state index contributed by atoms with van der Waals surface area (Å²) in [5.41, 5.74) is 5.98. The fraction of sp³-hybridized carbons (Fsp3) is 0.200. The Morgan fingerprint density at radius 2 is 2.00 bits per heavy atom. The fourth-order valence-electron chi connectivity index (χ4n) is 1.13. The van der Waals surface area contributed by atoms with Gasteiger partial charge in [0.1, 0.15) is 0 Å². The number of hydrogen-bond acceptors (Lipinski definition) is 2. The van der Waals surface area contributed by atoms with Gasteiger partial charge in [-0.1, -0.05) is 6.07 Å². The Hall–Kier alpha value is -2.04. The summed E-state index contributed by atoms with van der Waals surface area (Å²) in [5, 5.41) is 2.41. The largest absolute Gasteiger partial charge is 0.351 e. The molecule has 0 saturated carbocycles. The molecule has 3 amide bonds. The van der Waals surface area contributed by atoms with E-state index in [4.69, 9.17) is 5.73 Å². The molecule has 80 valence electrons. The van der Waals surface area contributed by atoms with Crippen molar-refractivity contribution in [3.05, 3.63) is 29.8 Å². The maximum absolute atomic E-state index is 11.6. The highest BCUT2D eigenvalue weighted by molar-refractivity contribution is 5.96. The van der Waals surface area contributed by atoms with Gasteiger partial charge in [0.15, 0.2) is 0 Å². The number of carbonyl (C=O) groups excluding carboxylic acids is 2. The third kappa shape index (κ3) is 2.98. The average molecular weight is 207 g/mol. The van der Waals surface area contributed by atoms with Gasteiger partial charge in [0.2, 0.25) is 0 Å². The van der Waals surface area contributed by atoms with E-state index >= 15 is 0 Å². The topological polar surface area (TPSA) is 75.4 Å². The zero-order valence-corrected chi connectivity index (χ0v) is 8.65. The van der Waals surface area contributed by atoms with Crippen molar-refractivity contribution >= 4 is 17.6 Å². The van der Waals surface area contributed by atoms with E-state index in [1.54, 1.807) is 38.4 Å². The minimum absolute atomic E-state index is 0.122. The molecule has 1 aromatic carbocycles. The van der Waals surface area contributed by atoms with Crippen LogP contribution in [0.3, 0.4) is 0 Å². The monoisotopic (exact) mass is 207 g/mol. The van der Waals surface area contributed by atoms with Crippen LogP contribution in [-0.2, 0) is 0 Å². The van der Waals surface area contributed by atoms with E-state index < -0.39 is 6.03 Å². The lowest BCUT2D eigenvalue weighted by Gasteiger charge is -2.11. The van der Waals surface area contributed by atoms with Gasteiger partial charge in [-0.15, -0.1) is 0 Å². The van der Waals surface area contributed by atoms with Crippen LogP contribution in [0.2, 0.25) is 0 Å². The highest BCUT2D eigenvalue weighted by Gasteiger charge is 2.08. The SMILES string of the molecule is CN(C)C(=O)c1cccc(NC(N)=O)c1. The Labute approximate surface area is 87.9 Å². The molecule has 0 unspecified atom stereocenters. The highest BCUT2D eigenvalue weighted by Crippen LogP contribution is 2.11. The molecule has 1 aromatic rings. The Morgan fingerprint density at radius 1 is 1.33 bits per heavy atom. The smallest absolute Gasteiger partial charge is 0.316 e. The predicted molar refractivity (Wildman–Crippen MR) is 57.7 cm³/mol. The number of anilines is 1. The minimum atomic E-state index is -0.649. The number of carbonyl (C=O) groups is 2. The zero-order valence-electron chi connectivity index (χ0n) is 8.65. The second-order valence-corrected chi connectivity index (χ2v) is 3.27. The van der Waals surface area contributed by atoms with Crippen LogP contribution >= 0.6 is 0 Å². The number of rotatable bonds is 2. The molecule has 3 N–H and O–H groups in total. The maximum atomic E-state index is 11.6. The van der Waals surface area contributed by atoms with E-state index in [0.29, 0.717) is 11.3 Å². The number of benzene rings is 1. The molecule has 0 aliphatic heterocycles. The van der Waals surface area contributed by atoms with Crippen LogP contribution in [0.4, 0.5) is 10.5 Å². The Kier molecular flexibility index (Phi) is 3.28. The van der Waals surface area contributed by atoms with Gasteiger partial charge in [0.05, 0.1) is 0 Å². The average Bonchev–Trinajstić information content (AvgIpc) is 2.16. The third-order valence-electron chi connectivity index (χ3n) is 1.78. The number of nitrogens with one attached hydrogen (secondary N) is 1. The lowest BCUT2D eigenvalue weighted by molar-refractivity contribution is 0.0827. The van der Waals surface area contributed by atoms with Crippen LogP contribution in [0.15, 0.2) is 24.3 Å². The van der Waals surface area contributed by atoms with Crippen LogP contribution in [0, 0.1) is 0 Å². The molecule has 0 fully saturated rings. The van der Waals surface area contributed by atoms with E-state index in [1.165, 1.54) is 4.90 Å². The van der Waals surface area contributed by atoms with Crippen molar-refractivity contribution in [2.24, 2.45) is 5.73 Å². The Bertz CT molecular complexity index is 388. The first-order valence-corrected chi connectivity index (χ1v) is 4.39. The molecule has 5 heteroatoms. The van der Waals surface area contributed by atoms with Crippen LogP contribution in [-0.4, -0.2) is 30.9 Å². The standard InChI is InChI=1S/C10H13N3O2/c1-13(2)9(14)7-4-3-5-8(6-7)12-10(11)15/h3-6H,1-2H3,(H3,11,12,15). The molecule has 0 saturated heterocycles. The summed E-state index contributed by atoms with van der Waals surface area (Å²) < 4.78 is 0. The van der Waals surface area contributed by atoms with Gasteiger partial charge in [0.25, 0.3) is 5.91 Å². The van der Waals surface area contributed by atoms with Crippen molar-refractivity contribution in [3.63, 3.8) is 0 Å². The number of urea groups is 1. The quantitative estimate of drug-likeness (QED) is 0.755. The second kappa shape index (κ2) is 4.45. The van der Waals surface area contributed by atoms with E-state index in [2.05, 4.69) is 5.32 Å². The molecule has 1 rings (SSSR count). The number of primary amides is 1. The van der Waals surface area contributed by atoms with E-state index in [-0.39, 0.29) is 5.91 Å². The first-order valence-electron chi connectivity index (χ1n) is 4.39. The summed E-state index contributed by atoms with van der Waals surface area (Å²) >= 11 is 0. The van der Waals surface area contributed by atoms with Crippen LogP contribution in [0.1, 0.15) is 10.4 Å². The summed E-state index contributed by atoms with van der Waals surface area (Å²) in [6, 6.07) is 5.95. The van der Waals surface area contributed by atoms with E-state index in [1.807, 2.05) is 0 Å². The molecule has 0 bridgehead atoms. The number of nitrogens with zero attached hydrogens (tertiary/aromatic N) is 1. The van der Waals surface area contributed by atoms with E-state index in [0.717, 1.165) is 0 Å². The number of amides is 3. The minimum Gasteiger partial charge on any atom is -0.351 e. The zero-order chi connectivity index (χ0) is 11.4. The van der Waals surface area contributed by atoms with Gasteiger partial charge >= 0.3 is 6.03 Å². The van der Waals surface area contributed by atoms with Crippen molar-refractivity contribution in [2.45, 2.75) is 0 Å². The molecule has 0 radical (unpaired) electrons. The summed E-state index contributed by atoms with van der Waals surface area (Å²) in [6.07, 6.45) is 0. The predicted octanol–water partition coefficient (Wildman–Crippen LogP) is 0.879. The second-order valence-electron chi connectivity index (χ2n) is 3.27. The van der Waals surface area contributed by atoms with Crippen LogP contribution in [0.25, 0.3) is 0 Å². The Balaban J connectivity index is 2.92. The van der Waals surface area contributed by atoms with Gasteiger partial charge in [-0.25, -0.2) is 4.79 Å². The van der Waals surface area contributed by atoms with Crippen LogP contribution < -0.4 is 11.1 Å². The summed E-state index contributed by atoms with van der Waals surface area (Å²) in [7, 11) is 3.33. The molecule has 0 aliphatic rings. The van der Waals surface area contributed by atoms with Gasteiger partial charge in [-0.2, -0.15) is 0 Å². The summed E-state index contributed by atoms with van der Waals surface area (Å²) in [6.45, 7) is 0. The van der Waals surface area contributed by atoms with Crippen molar-refractivity contribution in [3.8, 4) is 0 Å². The summed E-state index contributed by atoms with van der Waals surface area (Å²) in [5.74, 6) is -0.122.